The maximum Gasteiger partial charge on any atom is 0.411 e. The van der Waals surface area contributed by atoms with Gasteiger partial charge in [-0.25, -0.2) is 0 Å². The minimum absolute atomic E-state index is 0.133. The van der Waals surface area contributed by atoms with Crippen LogP contribution in [-0.4, -0.2) is 42.8 Å². The molecule has 0 aromatic rings. The van der Waals surface area contributed by atoms with Crippen molar-refractivity contribution in [2.24, 2.45) is 0 Å². The largest absolute Gasteiger partial charge is 0.411 e. The average molecular weight is 197 g/mol. The van der Waals surface area contributed by atoms with Crippen molar-refractivity contribution in [2.75, 3.05) is 19.7 Å². The van der Waals surface area contributed by atoms with E-state index in [0.717, 1.165) is 0 Å². The lowest BCUT2D eigenvalue weighted by molar-refractivity contribution is -0.199. The quantitative estimate of drug-likeness (QED) is 0.655. The maximum atomic E-state index is 11.6. The van der Waals surface area contributed by atoms with Crippen LogP contribution >= 0.6 is 0 Å². The maximum absolute atomic E-state index is 11.6. The van der Waals surface area contributed by atoms with Crippen LogP contribution in [0.5, 0.6) is 0 Å². The summed E-state index contributed by atoms with van der Waals surface area (Å²) in [7, 11) is 0. The van der Waals surface area contributed by atoms with Crippen LogP contribution in [0.15, 0.2) is 0 Å². The van der Waals surface area contributed by atoms with Gasteiger partial charge in [0.2, 0.25) is 5.91 Å². The van der Waals surface area contributed by atoms with Crippen LogP contribution in [0, 0.1) is 0 Å². The second-order valence-corrected chi connectivity index (χ2v) is 2.97. The van der Waals surface area contributed by atoms with E-state index < -0.39 is 18.9 Å². The SMILES string of the molecule is CC(=O)N1CC(OCC(F)(F)F)C1. The molecule has 0 radical (unpaired) electrons. The Kier molecular flexibility index (Phi) is 2.80. The highest BCUT2D eigenvalue weighted by molar-refractivity contribution is 5.74. The molecule has 1 heterocycles. The molecule has 1 aliphatic heterocycles. The standard InChI is InChI=1S/C7H10F3NO2/c1-5(12)11-2-6(3-11)13-4-7(8,9)10/h6H,2-4H2,1H3. The molecule has 0 aromatic carbocycles. The Morgan fingerprint density at radius 1 is 1.54 bits per heavy atom. The molecule has 6 heteroatoms. The van der Waals surface area contributed by atoms with Crippen molar-refractivity contribution >= 4 is 5.91 Å². The number of hydrogen-bond acceptors (Lipinski definition) is 2. The number of amides is 1. The van der Waals surface area contributed by atoms with Crippen molar-refractivity contribution in [3.63, 3.8) is 0 Å². The van der Waals surface area contributed by atoms with E-state index in [1.165, 1.54) is 11.8 Å². The highest BCUT2D eigenvalue weighted by Crippen LogP contribution is 2.18. The van der Waals surface area contributed by atoms with Crippen LogP contribution in [0.1, 0.15) is 6.92 Å². The van der Waals surface area contributed by atoms with Crippen LogP contribution < -0.4 is 0 Å². The number of alkyl halides is 3. The van der Waals surface area contributed by atoms with E-state index in [1.807, 2.05) is 0 Å². The number of halogens is 3. The number of hydrogen-bond donors (Lipinski definition) is 0. The highest BCUT2D eigenvalue weighted by atomic mass is 19.4. The molecule has 1 fully saturated rings. The van der Waals surface area contributed by atoms with Crippen LogP contribution in [0.25, 0.3) is 0 Å². The predicted molar refractivity (Wildman–Crippen MR) is 38.0 cm³/mol. The molecule has 0 N–H and O–H groups in total. The third kappa shape index (κ3) is 3.22. The van der Waals surface area contributed by atoms with Gasteiger partial charge in [-0.3, -0.25) is 4.79 Å². The summed E-state index contributed by atoms with van der Waals surface area (Å²) in [5, 5.41) is 0. The van der Waals surface area contributed by atoms with Gasteiger partial charge in [0.1, 0.15) is 6.61 Å². The van der Waals surface area contributed by atoms with Crippen LogP contribution in [-0.2, 0) is 9.53 Å². The highest BCUT2D eigenvalue weighted by Gasteiger charge is 2.34. The van der Waals surface area contributed by atoms with Gasteiger partial charge >= 0.3 is 6.18 Å². The van der Waals surface area contributed by atoms with E-state index in [1.54, 1.807) is 0 Å². The lowest BCUT2D eigenvalue weighted by atomic mass is 10.2. The molecule has 1 amide bonds. The Balaban J connectivity index is 2.12. The summed E-state index contributed by atoms with van der Waals surface area (Å²) in [4.78, 5) is 12.1. The molecule has 1 aliphatic rings. The van der Waals surface area contributed by atoms with Gasteiger partial charge in [-0.1, -0.05) is 0 Å². The van der Waals surface area contributed by atoms with Gasteiger partial charge in [0.25, 0.3) is 0 Å². The van der Waals surface area contributed by atoms with Gasteiger partial charge in [-0.2, -0.15) is 13.2 Å². The van der Waals surface area contributed by atoms with Crippen molar-refractivity contribution < 1.29 is 22.7 Å². The van der Waals surface area contributed by atoms with Gasteiger partial charge in [0.05, 0.1) is 6.10 Å². The van der Waals surface area contributed by atoms with E-state index in [4.69, 9.17) is 0 Å². The Bertz CT molecular complexity index is 198. The average Bonchev–Trinajstić information content (AvgIpc) is 1.79. The summed E-state index contributed by atoms with van der Waals surface area (Å²) in [6, 6.07) is 0. The van der Waals surface area contributed by atoms with Gasteiger partial charge in [0, 0.05) is 20.0 Å². The van der Waals surface area contributed by atoms with Crippen molar-refractivity contribution in [2.45, 2.75) is 19.2 Å². The normalized spacial score (nSPS) is 18.6. The van der Waals surface area contributed by atoms with Crippen molar-refractivity contribution in [1.29, 1.82) is 0 Å². The Morgan fingerprint density at radius 2 is 2.08 bits per heavy atom. The van der Waals surface area contributed by atoms with Crippen LogP contribution in [0.2, 0.25) is 0 Å². The fourth-order valence-electron chi connectivity index (χ4n) is 1.01. The number of rotatable bonds is 2. The fourth-order valence-corrected chi connectivity index (χ4v) is 1.01. The van der Waals surface area contributed by atoms with Crippen molar-refractivity contribution in [3.05, 3.63) is 0 Å². The molecular weight excluding hydrogens is 187 g/mol. The van der Waals surface area contributed by atoms with Crippen LogP contribution in [0.3, 0.4) is 0 Å². The topological polar surface area (TPSA) is 29.5 Å². The summed E-state index contributed by atoms with van der Waals surface area (Å²) in [6.07, 6.45) is -4.73. The summed E-state index contributed by atoms with van der Waals surface area (Å²) in [6.45, 7) is 0.681. The first-order chi connectivity index (χ1) is 5.88. The van der Waals surface area contributed by atoms with E-state index in [-0.39, 0.29) is 19.0 Å². The molecule has 0 atom stereocenters. The van der Waals surface area contributed by atoms with E-state index in [0.29, 0.717) is 0 Å². The first-order valence-corrected chi connectivity index (χ1v) is 3.82. The first kappa shape index (κ1) is 10.3. The van der Waals surface area contributed by atoms with Crippen molar-refractivity contribution in [1.82, 2.24) is 4.90 Å². The molecule has 13 heavy (non-hydrogen) atoms. The molecule has 0 saturated carbocycles. The number of carbonyl (C=O) groups excluding carboxylic acids is 1. The Morgan fingerprint density at radius 3 is 2.46 bits per heavy atom. The summed E-state index contributed by atoms with van der Waals surface area (Å²) >= 11 is 0. The lowest BCUT2D eigenvalue weighted by Crippen LogP contribution is -2.54. The second-order valence-electron chi connectivity index (χ2n) is 2.97. The summed E-state index contributed by atoms with van der Waals surface area (Å²) in [5.74, 6) is -0.133. The molecule has 0 aliphatic carbocycles. The molecule has 1 saturated heterocycles. The molecule has 76 valence electrons. The van der Waals surface area contributed by atoms with Crippen LogP contribution in [0.4, 0.5) is 13.2 Å². The predicted octanol–water partition coefficient (Wildman–Crippen LogP) is 0.796. The van der Waals surface area contributed by atoms with E-state index in [2.05, 4.69) is 4.74 Å². The molecule has 3 nitrogen and oxygen atoms in total. The van der Waals surface area contributed by atoms with Gasteiger partial charge < -0.3 is 9.64 Å². The van der Waals surface area contributed by atoms with Gasteiger partial charge in [-0.15, -0.1) is 0 Å². The molecule has 0 spiro atoms. The molecule has 1 rings (SSSR count). The smallest absolute Gasteiger partial charge is 0.365 e. The van der Waals surface area contributed by atoms with Gasteiger partial charge in [-0.05, 0) is 0 Å². The van der Waals surface area contributed by atoms with E-state index >= 15 is 0 Å². The zero-order chi connectivity index (χ0) is 10.1. The zero-order valence-corrected chi connectivity index (χ0v) is 7.10. The minimum Gasteiger partial charge on any atom is -0.365 e. The molecular formula is C7H10F3NO2. The van der Waals surface area contributed by atoms with Gasteiger partial charge in [0.15, 0.2) is 0 Å². The lowest BCUT2D eigenvalue weighted by Gasteiger charge is -2.38. The second kappa shape index (κ2) is 3.53. The summed E-state index contributed by atoms with van der Waals surface area (Å²) < 4.78 is 39.4. The number of ether oxygens (including phenoxy) is 1. The Hall–Kier alpha value is -0.780. The third-order valence-electron chi connectivity index (χ3n) is 1.78. The van der Waals surface area contributed by atoms with Crippen molar-refractivity contribution in [3.8, 4) is 0 Å². The monoisotopic (exact) mass is 197 g/mol. The number of likely N-dealkylation sites (tertiary alicyclic amines) is 1. The molecule has 0 aromatic heterocycles. The molecule has 0 bridgehead atoms. The Labute approximate surface area is 73.5 Å². The minimum atomic E-state index is -4.28. The number of nitrogens with zero attached hydrogens (tertiary/aromatic N) is 1. The third-order valence-corrected chi connectivity index (χ3v) is 1.78. The van der Waals surface area contributed by atoms with E-state index in [9.17, 15) is 18.0 Å². The first-order valence-electron chi connectivity index (χ1n) is 3.82. The zero-order valence-electron chi connectivity index (χ0n) is 7.10. The summed E-state index contributed by atoms with van der Waals surface area (Å²) in [5.41, 5.74) is 0. The molecule has 0 unspecified atom stereocenters. The fraction of sp³-hybridized carbons (Fsp3) is 0.857. The number of carbonyl (C=O) groups is 1.